The molecule has 0 aliphatic heterocycles. The van der Waals surface area contributed by atoms with E-state index in [1.165, 1.54) is 18.3 Å². The van der Waals surface area contributed by atoms with E-state index < -0.39 is 16.0 Å². The fraction of sp³-hybridized carbons (Fsp3) is 0.545. The summed E-state index contributed by atoms with van der Waals surface area (Å²) < 4.78 is 35.7. The number of methoxy groups -OCH3 is 1. The maximum atomic E-state index is 12.3. The zero-order valence-corrected chi connectivity index (χ0v) is 11.9. The summed E-state index contributed by atoms with van der Waals surface area (Å²) in [5.41, 5.74) is 0. The zero-order valence-electron chi connectivity index (χ0n) is 11.0. The van der Waals surface area contributed by atoms with E-state index in [-0.39, 0.29) is 36.1 Å². The Hall–Kier alpha value is -1.38. The Balaban J connectivity index is 3.14. The smallest absolute Gasteiger partial charge is 0.371 e. The first-order chi connectivity index (χ1) is 8.84. The Bertz CT molecular complexity index is 548. The molecule has 0 aromatic carbocycles. The molecule has 0 amide bonds. The van der Waals surface area contributed by atoms with Gasteiger partial charge in [-0.3, -0.25) is 0 Å². The molecule has 0 saturated heterocycles. The summed E-state index contributed by atoms with van der Waals surface area (Å²) in [7, 11) is -2.29. The quantitative estimate of drug-likeness (QED) is 0.803. The molecule has 1 heterocycles. The summed E-state index contributed by atoms with van der Waals surface area (Å²) >= 11 is 0. The van der Waals surface area contributed by atoms with Gasteiger partial charge in [-0.1, -0.05) is 6.92 Å². The lowest BCUT2D eigenvalue weighted by molar-refractivity contribution is 0.0661. The molecule has 1 rings (SSSR count). The van der Waals surface area contributed by atoms with Crippen molar-refractivity contribution >= 4 is 16.0 Å². The molecule has 0 fully saturated rings. The number of rotatable bonds is 7. The molecule has 0 saturated carbocycles. The van der Waals surface area contributed by atoms with E-state index in [0.29, 0.717) is 0 Å². The molecule has 108 valence electrons. The lowest BCUT2D eigenvalue weighted by Crippen LogP contribution is -2.33. The van der Waals surface area contributed by atoms with E-state index in [2.05, 4.69) is 0 Å². The Labute approximate surface area is 111 Å². The maximum absolute atomic E-state index is 12.3. The number of aryl methyl sites for hydroxylation is 1. The third-order valence-electron chi connectivity index (χ3n) is 2.60. The van der Waals surface area contributed by atoms with Crippen molar-refractivity contribution in [2.45, 2.75) is 18.7 Å². The highest BCUT2D eigenvalue weighted by atomic mass is 32.2. The van der Waals surface area contributed by atoms with E-state index in [0.717, 1.165) is 6.07 Å². The van der Waals surface area contributed by atoms with Crippen molar-refractivity contribution in [2.24, 2.45) is 0 Å². The summed E-state index contributed by atoms with van der Waals surface area (Å²) in [4.78, 5) is 10.7. The predicted octanol–water partition coefficient (Wildman–Crippen LogP) is 0.943. The molecule has 0 aliphatic rings. The largest absolute Gasteiger partial charge is 0.475 e. The Morgan fingerprint density at radius 1 is 1.53 bits per heavy atom. The van der Waals surface area contributed by atoms with Gasteiger partial charge in [-0.05, 0) is 6.92 Å². The molecule has 8 heteroatoms. The van der Waals surface area contributed by atoms with Gasteiger partial charge in [0.25, 0.3) is 0 Å². The van der Waals surface area contributed by atoms with Crippen LogP contribution >= 0.6 is 0 Å². The number of furan rings is 1. The monoisotopic (exact) mass is 291 g/mol. The van der Waals surface area contributed by atoms with E-state index >= 15 is 0 Å². The summed E-state index contributed by atoms with van der Waals surface area (Å²) in [6, 6.07) is 1.03. The van der Waals surface area contributed by atoms with Crippen LogP contribution in [0.3, 0.4) is 0 Å². The van der Waals surface area contributed by atoms with Crippen LogP contribution in [0.25, 0.3) is 0 Å². The highest BCUT2D eigenvalue weighted by Gasteiger charge is 2.28. The van der Waals surface area contributed by atoms with Gasteiger partial charge < -0.3 is 14.3 Å². The first-order valence-electron chi connectivity index (χ1n) is 5.67. The topological polar surface area (TPSA) is 97.0 Å². The number of nitrogens with zero attached hydrogens (tertiary/aromatic N) is 1. The van der Waals surface area contributed by atoms with E-state index in [1.54, 1.807) is 6.92 Å². The fourth-order valence-corrected chi connectivity index (χ4v) is 3.20. The van der Waals surface area contributed by atoms with Gasteiger partial charge in [-0.25, -0.2) is 13.2 Å². The average molecular weight is 291 g/mol. The second-order valence-corrected chi connectivity index (χ2v) is 5.73. The van der Waals surface area contributed by atoms with Crippen molar-refractivity contribution < 1.29 is 27.5 Å². The van der Waals surface area contributed by atoms with Crippen molar-refractivity contribution in [2.75, 3.05) is 26.8 Å². The first kappa shape index (κ1) is 15.7. The summed E-state index contributed by atoms with van der Waals surface area (Å²) in [6.45, 7) is 3.83. The third kappa shape index (κ3) is 3.34. The van der Waals surface area contributed by atoms with Gasteiger partial charge in [0.15, 0.2) is 0 Å². The van der Waals surface area contributed by atoms with Gasteiger partial charge in [0, 0.05) is 26.3 Å². The molecular formula is C11H17NO6S. The van der Waals surface area contributed by atoms with E-state index in [9.17, 15) is 13.2 Å². The minimum absolute atomic E-state index is 0.0632. The number of hydrogen-bond acceptors (Lipinski definition) is 5. The summed E-state index contributed by atoms with van der Waals surface area (Å²) in [5, 5.41) is 8.80. The number of hydrogen-bond donors (Lipinski definition) is 1. The number of sulfonamides is 1. The van der Waals surface area contributed by atoms with Crippen LogP contribution in [0.1, 0.15) is 23.2 Å². The SMILES string of the molecule is CCN(CCOC)S(=O)(=O)c1cc(C(=O)O)oc1C. The molecule has 19 heavy (non-hydrogen) atoms. The van der Waals surface area contributed by atoms with Gasteiger partial charge in [0.05, 0.1) is 6.61 Å². The van der Waals surface area contributed by atoms with Gasteiger partial charge in [-0.2, -0.15) is 4.31 Å². The number of likely N-dealkylation sites (N-methyl/N-ethyl adjacent to an activating group) is 1. The molecule has 1 aromatic rings. The minimum Gasteiger partial charge on any atom is -0.475 e. The highest BCUT2D eigenvalue weighted by Crippen LogP contribution is 2.23. The third-order valence-corrected chi connectivity index (χ3v) is 4.68. The van der Waals surface area contributed by atoms with E-state index in [4.69, 9.17) is 14.3 Å². The molecule has 0 bridgehead atoms. The van der Waals surface area contributed by atoms with Crippen molar-refractivity contribution in [3.63, 3.8) is 0 Å². The standard InChI is InChI=1S/C11H17NO6S/c1-4-12(5-6-17-3)19(15,16)10-7-9(11(13)14)18-8(10)2/h7H,4-6H2,1-3H3,(H,13,14). The van der Waals surface area contributed by atoms with Crippen LogP contribution in [0.15, 0.2) is 15.4 Å². The van der Waals surface area contributed by atoms with Crippen LogP contribution in [-0.2, 0) is 14.8 Å². The van der Waals surface area contributed by atoms with Crippen molar-refractivity contribution in [1.29, 1.82) is 0 Å². The zero-order chi connectivity index (χ0) is 14.6. The van der Waals surface area contributed by atoms with Crippen LogP contribution in [0.5, 0.6) is 0 Å². The molecule has 1 N–H and O–H groups in total. The molecule has 0 aliphatic carbocycles. The lowest BCUT2D eigenvalue weighted by atomic mass is 10.4. The maximum Gasteiger partial charge on any atom is 0.371 e. The van der Waals surface area contributed by atoms with Crippen LogP contribution in [-0.4, -0.2) is 50.6 Å². The Morgan fingerprint density at radius 3 is 2.58 bits per heavy atom. The van der Waals surface area contributed by atoms with Crippen LogP contribution < -0.4 is 0 Å². The molecule has 1 aromatic heterocycles. The summed E-state index contributed by atoms with van der Waals surface area (Å²) in [5.74, 6) is -1.63. The molecule has 7 nitrogen and oxygen atoms in total. The second kappa shape index (κ2) is 6.18. The Kier molecular flexibility index (Phi) is 5.10. The highest BCUT2D eigenvalue weighted by molar-refractivity contribution is 7.89. The lowest BCUT2D eigenvalue weighted by Gasteiger charge is -2.19. The number of carbonyl (C=O) groups is 1. The number of carboxylic acids is 1. The molecule has 0 unspecified atom stereocenters. The number of ether oxygens (including phenoxy) is 1. The van der Waals surface area contributed by atoms with Gasteiger partial charge >= 0.3 is 5.97 Å². The fourth-order valence-electron chi connectivity index (χ4n) is 1.61. The Morgan fingerprint density at radius 2 is 2.16 bits per heavy atom. The number of carboxylic acid groups (broad SMARTS) is 1. The normalized spacial score (nSPS) is 12.0. The number of aromatic carboxylic acids is 1. The summed E-state index contributed by atoms with van der Waals surface area (Å²) in [6.07, 6.45) is 0. The van der Waals surface area contributed by atoms with Crippen molar-refractivity contribution in [3.05, 3.63) is 17.6 Å². The average Bonchev–Trinajstić information content (AvgIpc) is 2.73. The molecular weight excluding hydrogens is 274 g/mol. The molecule has 0 spiro atoms. The predicted molar refractivity (Wildman–Crippen MR) is 66.7 cm³/mol. The van der Waals surface area contributed by atoms with Crippen LogP contribution in [0.2, 0.25) is 0 Å². The van der Waals surface area contributed by atoms with Gasteiger partial charge in [0.2, 0.25) is 15.8 Å². The van der Waals surface area contributed by atoms with Gasteiger partial charge in [-0.15, -0.1) is 0 Å². The van der Waals surface area contributed by atoms with Crippen molar-refractivity contribution in [3.8, 4) is 0 Å². The molecule has 0 atom stereocenters. The van der Waals surface area contributed by atoms with Crippen molar-refractivity contribution in [1.82, 2.24) is 4.31 Å². The first-order valence-corrected chi connectivity index (χ1v) is 7.11. The second-order valence-electron chi connectivity index (χ2n) is 3.83. The van der Waals surface area contributed by atoms with Crippen LogP contribution in [0.4, 0.5) is 0 Å². The molecule has 0 radical (unpaired) electrons. The van der Waals surface area contributed by atoms with Gasteiger partial charge in [0.1, 0.15) is 10.7 Å². The van der Waals surface area contributed by atoms with E-state index in [1.807, 2.05) is 0 Å². The van der Waals surface area contributed by atoms with Crippen LogP contribution in [0, 0.1) is 6.92 Å². The minimum atomic E-state index is -3.77.